The molecule has 36 heavy (non-hydrogen) atoms. The Kier molecular flexibility index (Phi) is 7.46. The molecule has 3 aliphatic rings. The highest BCUT2D eigenvalue weighted by Gasteiger charge is 2.43. The first-order valence-corrected chi connectivity index (χ1v) is 13.5. The SMILES string of the molecule is Cc1cc(CC(=O)N2CC(CO)C2)cnc1OCC[C@@H]1C[C@@H]1C1CCN(c2nc(C(C)C)no2)CC1. The lowest BCUT2D eigenvalue weighted by molar-refractivity contribution is -0.137. The molecular weight excluding hydrogens is 458 g/mol. The molecule has 1 aliphatic carbocycles. The highest BCUT2D eigenvalue weighted by molar-refractivity contribution is 5.79. The Bertz CT molecular complexity index is 1040. The van der Waals surface area contributed by atoms with Crippen molar-refractivity contribution in [2.45, 2.75) is 58.8 Å². The number of piperidine rings is 1. The molecule has 5 rings (SSSR count). The number of carbonyl (C=O) groups excluding carboxylic acids is 1. The third kappa shape index (κ3) is 5.66. The van der Waals surface area contributed by atoms with Gasteiger partial charge < -0.3 is 24.2 Å². The molecule has 0 aromatic carbocycles. The van der Waals surface area contributed by atoms with Gasteiger partial charge in [-0.25, -0.2) is 4.98 Å². The van der Waals surface area contributed by atoms with Gasteiger partial charge in [-0.3, -0.25) is 4.79 Å². The third-order valence-electron chi connectivity index (χ3n) is 8.08. The number of aryl methyl sites for hydroxylation is 1. The predicted octanol–water partition coefficient (Wildman–Crippen LogP) is 3.21. The van der Waals surface area contributed by atoms with Crippen LogP contribution in [0.5, 0.6) is 5.88 Å². The summed E-state index contributed by atoms with van der Waals surface area (Å²) in [4.78, 5) is 25.4. The van der Waals surface area contributed by atoms with Crippen molar-refractivity contribution < 1.29 is 19.2 Å². The van der Waals surface area contributed by atoms with Gasteiger partial charge >= 0.3 is 6.01 Å². The van der Waals surface area contributed by atoms with Gasteiger partial charge in [-0.2, -0.15) is 4.98 Å². The largest absolute Gasteiger partial charge is 0.477 e. The summed E-state index contributed by atoms with van der Waals surface area (Å²) in [6, 6.07) is 2.68. The Labute approximate surface area is 213 Å². The van der Waals surface area contributed by atoms with Crippen LogP contribution in [0, 0.1) is 30.6 Å². The van der Waals surface area contributed by atoms with Gasteiger partial charge in [0, 0.05) is 56.4 Å². The number of ether oxygens (including phenoxy) is 1. The first-order chi connectivity index (χ1) is 17.4. The zero-order chi connectivity index (χ0) is 25.2. The highest BCUT2D eigenvalue weighted by atomic mass is 16.5. The van der Waals surface area contributed by atoms with Crippen LogP contribution in [-0.4, -0.2) is 70.4 Å². The smallest absolute Gasteiger partial charge is 0.324 e. The molecule has 0 spiro atoms. The monoisotopic (exact) mass is 497 g/mol. The van der Waals surface area contributed by atoms with Crippen LogP contribution in [0.15, 0.2) is 16.8 Å². The number of aliphatic hydroxyl groups excluding tert-OH is 1. The summed E-state index contributed by atoms with van der Waals surface area (Å²) in [7, 11) is 0. The van der Waals surface area contributed by atoms with Gasteiger partial charge in [0.1, 0.15) is 0 Å². The summed E-state index contributed by atoms with van der Waals surface area (Å²) < 4.78 is 11.5. The summed E-state index contributed by atoms with van der Waals surface area (Å²) in [5, 5.41) is 13.2. The second-order valence-corrected chi connectivity index (χ2v) is 11.2. The molecule has 1 amide bonds. The zero-order valence-corrected chi connectivity index (χ0v) is 21.7. The van der Waals surface area contributed by atoms with E-state index >= 15 is 0 Å². The number of hydrogen-bond donors (Lipinski definition) is 1. The Hall–Kier alpha value is -2.68. The molecule has 4 heterocycles. The van der Waals surface area contributed by atoms with Crippen molar-refractivity contribution in [3.8, 4) is 5.88 Å². The van der Waals surface area contributed by atoms with E-state index in [9.17, 15) is 4.79 Å². The van der Waals surface area contributed by atoms with Gasteiger partial charge in [0.05, 0.1) is 13.0 Å². The molecule has 2 aliphatic heterocycles. The summed E-state index contributed by atoms with van der Waals surface area (Å²) in [5.74, 6) is 4.39. The van der Waals surface area contributed by atoms with Gasteiger partial charge in [0.2, 0.25) is 11.8 Å². The number of amides is 1. The van der Waals surface area contributed by atoms with Gasteiger partial charge in [0.25, 0.3) is 0 Å². The number of aromatic nitrogens is 3. The minimum absolute atomic E-state index is 0.0950. The molecule has 0 radical (unpaired) electrons. The van der Waals surface area contributed by atoms with Crippen LogP contribution in [0.2, 0.25) is 0 Å². The van der Waals surface area contributed by atoms with Crippen molar-refractivity contribution in [1.29, 1.82) is 0 Å². The van der Waals surface area contributed by atoms with Crippen molar-refractivity contribution in [3.05, 3.63) is 29.2 Å². The maximum Gasteiger partial charge on any atom is 0.324 e. The van der Waals surface area contributed by atoms with Crippen LogP contribution in [0.1, 0.15) is 62.4 Å². The van der Waals surface area contributed by atoms with Crippen molar-refractivity contribution in [1.82, 2.24) is 20.0 Å². The van der Waals surface area contributed by atoms with Gasteiger partial charge in [-0.05, 0) is 62.0 Å². The first-order valence-electron chi connectivity index (χ1n) is 13.5. The minimum atomic E-state index is 0.0950. The van der Waals surface area contributed by atoms with E-state index < -0.39 is 0 Å². The van der Waals surface area contributed by atoms with Crippen LogP contribution in [-0.2, 0) is 11.2 Å². The van der Waals surface area contributed by atoms with Gasteiger partial charge in [-0.15, -0.1) is 0 Å². The molecule has 1 N–H and O–H groups in total. The number of likely N-dealkylation sites (tertiary alicyclic amines) is 1. The number of aliphatic hydroxyl groups is 1. The maximum absolute atomic E-state index is 12.4. The molecule has 0 bridgehead atoms. The highest BCUT2D eigenvalue weighted by Crippen LogP contribution is 2.50. The average molecular weight is 498 g/mol. The van der Waals surface area contributed by atoms with Gasteiger partial charge in [0.15, 0.2) is 5.82 Å². The van der Waals surface area contributed by atoms with E-state index in [1.807, 2.05) is 13.0 Å². The van der Waals surface area contributed by atoms with E-state index in [0.717, 1.165) is 54.2 Å². The van der Waals surface area contributed by atoms with Crippen LogP contribution in [0.25, 0.3) is 0 Å². The van der Waals surface area contributed by atoms with Crippen LogP contribution < -0.4 is 9.64 Å². The standard InChI is InChI=1S/C27H39N5O4/c1-17(2)25-29-27(36-30-25)31-7-4-21(5-8-31)23-12-22(23)6-9-35-26-18(3)10-19(13-28-26)11-24(34)32-14-20(15-32)16-33/h10,13,17,20-23,33H,4-9,11-12,14-16H2,1-3H3/t22-,23-/m1/s1. The number of nitrogens with zero attached hydrogens (tertiary/aromatic N) is 5. The van der Waals surface area contributed by atoms with Crippen molar-refractivity contribution >= 4 is 11.9 Å². The minimum Gasteiger partial charge on any atom is -0.477 e. The number of rotatable bonds is 10. The second kappa shape index (κ2) is 10.7. The van der Waals surface area contributed by atoms with E-state index in [1.165, 1.54) is 19.3 Å². The second-order valence-electron chi connectivity index (χ2n) is 11.2. The molecule has 2 atom stereocenters. The molecule has 3 fully saturated rings. The quantitative estimate of drug-likeness (QED) is 0.534. The normalized spacial score (nSPS) is 22.7. The predicted molar refractivity (Wildman–Crippen MR) is 135 cm³/mol. The van der Waals surface area contributed by atoms with Crippen molar-refractivity contribution in [2.24, 2.45) is 23.7 Å². The van der Waals surface area contributed by atoms with E-state index in [-0.39, 0.29) is 24.3 Å². The molecule has 9 heteroatoms. The van der Waals surface area contributed by atoms with E-state index in [4.69, 9.17) is 14.4 Å². The maximum atomic E-state index is 12.4. The van der Waals surface area contributed by atoms with E-state index in [2.05, 4.69) is 33.9 Å². The zero-order valence-electron chi connectivity index (χ0n) is 21.7. The Balaban J connectivity index is 1.01. The van der Waals surface area contributed by atoms with E-state index in [0.29, 0.717) is 38.0 Å². The number of carbonyl (C=O) groups is 1. The summed E-state index contributed by atoms with van der Waals surface area (Å²) in [6.07, 6.45) is 6.83. The fraction of sp³-hybridized carbons (Fsp3) is 0.704. The number of hydrogen-bond acceptors (Lipinski definition) is 8. The molecule has 2 aromatic heterocycles. The number of pyridine rings is 1. The molecule has 1 saturated carbocycles. The van der Waals surface area contributed by atoms with Crippen LogP contribution in [0.4, 0.5) is 6.01 Å². The number of anilines is 1. The Morgan fingerprint density at radius 2 is 2.06 bits per heavy atom. The fourth-order valence-electron chi connectivity index (χ4n) is 5.64. The Morgan fingerprint density at radius 3 is 2.72 bits per heavy atom. The van der Waals surface area contributed by atoms with Crippen LogP contribution >= 0.6 is 0 Å². The Morgan fingerprint density at radius 1 is 1.28 bits per heavy atom. The molecule has 2 saturated heterocycles. The van der Waals surface area contributed by atoms with Crippen LogP contribution in [0.3, 0.4) is 0 Å². The molecule has 9 nitrogen and oxygen atoms in total. The third-order valence-corrected chi connectivity index (χ3v) is 8.08. The fourth-order valence-corrected chi connectivity index (χ4v) is 5.64. The lowest BCUT2D eigenvalue weighted by Gasteiger charge is -2.38. The van der Waals surface area contributed by atoms with Crippen molar-refractivity contribution in [2.75, 3.05) is 44.3 Å². The first kappa shape index (κ1) is 25.0. The molecule has 196 valence electrons. The lowest BCUT2D eigenvalue weighted by Crippen LogP contribution is -2.51. The summed E-state index contributed by atoms with van der Waals surface area (Å²) in [6.45, 7) is 10.3. The van der Waals surface area contributed by atoms with E-state index in [1.54, 1.807) is 11.1 Å². The molecule has 0 unspecified atom stereocenters. The summed E-state index contributed by atoms with van der Waals surface area (Å²) in [5.41, 5.74) is 1.88. The topological polar surface area (TPSA) is 105 Å². The van der Waals surface area contributed by atoms with Gasteiger partial charge in [-0.1, -0.05) is 19.0 Å². The lowest BCUT2D eigenvalue weighted by atomic mass is 9.90. The molecular formula is C27H39N5O4. The molecule has 2 aromatic rings. The average Bonchev–Trinajstić information content (AvgIpc) is 3.42. The van der Waals surface area contributed by atoms with Crippen molar-refractivity contribution in [3.63, 3.8) is 0 Å². The summed E-state index contributed by atoms with van der Waals surface area (Å²) >= 11 is 0.